The summed E-state index contributed by atoms with van der Waals surface area (Å²) in [4.78, 5) is 15.2. The van der Waals surface area contributed by atoms with Crippen molar-refractivity contribution in [2.75, 3.05) is 26.7 Å². The lowest BCUT2D eigenvalue weighted by molar-refractivity contribution is -0.0569. The first-order valence-corrected chi connectivity index (χ1v) is 14.1. The van der Waals surface area contributed by atoms with E-state index in [0.29, 0.717) is 43.3 Å². The Hall–Kier alpha value is -1.34. The van der Waals surface area contributed by atoms with Gasteiger partial charge < -0.3 is 25.7 Å². The van der Waals surface area contributed by atoms with Crippen LogP contribution in [0.5, 0.6) is 0 Å². The number of amides is 2. The van der Waals surface area contributed by atoms with Crippen molar-refractivity contribution < 1.29 is 15.0 Å². The van der Waals surface area contributed by atoms with Crippen LogP contribution >= 0.6 is 11.6 Å². The number of urea groups is 1. The highest BCUT2D eigenvalue weighted by Crippen LogP contribution is 2.40. The summed E-state index contributed by atoms with van der Waals surface area (Å²) < 4.78 is 0. The lowest BCUT2D eigenvalue weighted by atomic mass is 9.74. The van der Waals surface area contributed by atoms with Crippen molar-refractivity contribution in [2.45, 2.75) is 95.3 Å². The van der Waals surface area contributed by atoms with Crippen LogP contribution in [0.15, 0.2) is 24.3 Å². The number of likely N-dealkylation sites (tertiary alicyclic amines) is 1. The zero-order valence-electron chi connectivity index (χ0n) is 21.6. The van der Waals surface area contributed by atoms with E-state index in [9.17, 15) is 15.0 Å². The second kappa shape index (κ2) is 13.8. The highest BCUT2D eigenvalue weighted by atomic mass is 35.5. The van der Waals surface area contributed by atoms with E-state index in [-0.39, 0.29) is 18.0 Å². The average molecular weight is 508 g/mol. The van der Waals surface area contributed by atoms with Crippen LogP contribution in [0.4, 0.5) is 4.79 Å². The number of carbonyl (C=O) groups is 1. The highest BCUT2D eigenvalue weighted by molar-refractivity contribution is 6.30. The summed E-state index contributed by atoms with van der Waals surface area (Å²) in [5.74, 6) is 0.605. The molecule has 2 aliphatic rings. The van der Waals surface area contributed by atoms with Crippen LogP contribution in [0, 0.1) is 11.8 Å². The molecule has 2 amide bonds. The van der Waals surface area contributed by atoms with Gasteiger partial charge in [0.05, 0.1) is 11.7 Å². The lowest BCUT2D eigenvalue weighted by Gasteiger charge is -2.43. The normalized spacial score (nSPS) is 22.9. The number of piperidine rings is 1. The molecule has 3 rings (SSSR count). The molecule has 1 saturated carbocycles. The van der Waals surface area contributed by atoms with E-state index in [0.717, 1.165) is 31.4 Å². The Bertz CT molecular complexity index is 786. The monoisotopic (exact) mass is 507 g/mol. The largest absolute Gasteiger partial charge is 0.393 e. The minimum absolute atomic E-state index is 0.0248. The standard InChI is InChI=1S/C28H46ClN3O3/c1-21(33)9-7-15-28(35,23-12-6-14-25(29)18-23)24-13-8-16-32(20-24)27(34)31-26(19-30-2)17-22-10-4-3-5-11-22/h6,12,14,18,21-22,24,26,30,33,35H,3-5,7-11,13,15-17,19-20H2,1-2H3,(H,31,34)/t21-,24+,26?,28+/m0/s1. The fraction of sp³-hybridized carbons (Fsp3) is 0.750. The van der Waals surface area contributed by atoms with Crippen molar-refractivity contribution in [3.8, 4) is 0 Å². The van der Waals surface area contributed by atoms with Gasteiger partial charge in [0.1, 0.15) is 0 Å². The molecule has 1 aromatic carbocycles. The van der Waals surface area contributed by atoms with Gasteiger partial charge in [-0.15, -0.1) is 0 Å². The fourth-order valence-corrected chi connectivity index (χ4v) is 6.28. The Labute approximate surface area is 216 Å². The molecule has 1 aliphatic carbocycles. The van der Waals surface area contributed by atoms with Crippen LogP contribution in [0.1, 0.15) is 83.1 Å². The first kappa shape index (κ1) is 28.2. The van der Waals surface area contributed by atoms with Gasteiger partial charge >= 0.3 is 6.03 Å². The number of nitrogens with zero attached hydrogens (tertiary/aromatic N) is 1. The van der Waals surface area contributed by atoms with Crippen LogP contribution in [-0.2, 0) is 5.60 Å². The fourth-order valence-electron chi connectivity index (χ4n) is 6.09. The summed E-state index contributed by atoms with van der Waals surface area (Å²) in [7, 11) is 1.94. The smallest absolute Gasteiger partial charge is 0.317 e. The third-order valence-electron chi connectivity index (χ3n) is 8.01. The highest BCUT2D eigenvalue weighted by Gasteiger charge is 2.41. The van der Waals surface area contributed by atoms with Gasteiger partial charge in [-0.25, -0.2) is 4.79 Å². The van der Waals surface area contributed by atoms with E-state index in [4.69, 9.17) is 11.6 Å². The number of aliphatic hydroxyl groups is 2. The molecule has 0 spiro atoms. The first-order chi connectivity index (χ1) is 16.8. The zero-order valence-corrected chi connectivity index (χ0v) is 22.4. The number of rotatable bonds is 11. The van der Waals surface area contributed by atoms with Gasteiger partial charge in [-0.05, 0) is 76.1 Å². The predicted molar refractivity (Wildman–Crippen MR) is 143 cm³/mol. The molecule has 2 fully saturated rings. The van der Waals surface area contributed by atoms with Crippen molar-refractivity contribution in [3.05, 3.63) is 34.9 Å². The number of aliphatic hydroxyl groups excluding tert-OH is 1. The molecule has 1 heterocycles. The molecular weight excluding hydrogens is 462 g/mol. The van der Waals surface area contributed by atoms with E-state index in [2.05, 4.69) is 10.6 Å². The van der Waals surface area contributed by atoms with Crippen LogP contribution in [-0.4, -0.2) is 60.0 Å². The number of benzene rings is 1. The topological polar surface area (TPSA) is 84.8 Å². The van der Waals surface area contributed by atoms with Crippen molar-refractivity contribution in [3.63, 3.8) is 0 Å². The van der Waals surface area contributed by atoms with Crippen molar-refractivity contribution in [1.29, 1.82) is 0 Å². The van der Waals surface area contributed by atoms with Crippen LogP contribution in [0.3, 0.4) is 0 Å². The molecular formula is C28H46ClN3O3. The van der Waals surface area contributed by atoms with Gasteiger partial charge in [0, 0.05) is 36.6 Å². The number of likely N-dealkylation sites (N-methyl/N-ethyl adjacent to an activating group) is 1. The van der Waals surface area contributed by atoms with Gasteiger partial charge in [-0.2, -0.15) is 0 Å². The van der Waals surface area contributed by atoms with Crippen molar-refractivity contribution in [2.24, 2.45) is 11.8 Å². The van der Waals surface area contributed by atoms with Gasteiger partial charge in [-0.3, -0.25) is 0 Å². The van der Waals surface area contributed by atoms with Crippen molar-refractivity contribution in [1.82, 2.24) is 15.5 Å². The predicted octanol–water partition coefficient (Wildman–Crippen LogP) is 5.06. The Balaban J connectivity index is 1.69. The average Bonchev–Trinajstić information content (AvgIpc) is 2.84. The van der Waals surface area contributed by atoms with Gasteiger partial charge in [0.2, 0.25) is 0 Å². The molecule has 198 valence electrons. The Morgan fingerprint density at radius 2 is 2.00 bits per heavy atom. The minimum Gasteiger partial charge on any atom is -0.393 e. The number of halogens is 1. The summed E-state index contributed by atoms with van der Waals surface area (Å²) in [5, 5.41) is 28.9. The SMILES string of the molecule is CNCC(CC1CCCCC1)NC(=O)N1CCC[C@@H]([C@@](O)(CCC[C@H](C)O)c2cccc(Cl)c2)C1. The van der Waals surface area contributed by atoms with Crippen LogP contribution in [0.2, 0.25) is 5.02 Å². The van der Waals surface area contributed by atoms with E-state index < -0.39 is 11.7 Å². The van der Waals surface area contributed by atoms with Crippen LogP contribution in [0.25, 0.3) is 0 Å². The molecule has 1 unspecified atom stereocenters. The lowest BCUT2D eigenvalue weighted by Crippen LogP contribution is -2.54. The quantitative estimate of drug-likeness (QED) is 0.337. The summed E-state index contributed by atoms with van der Waals surface area (Å²) in [6.07, 6.45) is 10.7. The van der Waals surface area contributed by atoms with Gasteiger partial charge in [-0.1, -0.05) is 55.8 Å². The van der Waals surface area contributed by atoms with E-state index >= 15 is 0 Å². The minimum atomic E-state index is -1.09. The molecule has 0 radical (unpaired) electrons. The maximum absolute atomic E-state index is 13.3. The van der Waals surface area contributed by atoms with Crippen molar-refractivity contribution >= 4 is 17.6 Å². The van der Waals surface area contributed by atoms with E-state index in [1.165, 1.54) is 32.1 Å². The first-order valence-electron chi connectivity index (χ1n) is 13.7. The molecule has 1 aliphatic heterocycles. The molecule has 0 aromatic heterocycles. The molecule has 4 N–H and O–H groups in total. The maximum atomic E-state index is 13.3. The molecule has 1 saturated heterocycles. The van der Waals surface area contributed by atoms with Gasteiger partial charge in [0.15, 0.2) is 0 Å². The maximum Gasteiger partial charge on any atom is 0.317 e. The Kier molecular flexibility index (Phi) is 11.2. The summed E-state index contributed by atoms with van der Waals surface area (Å²) in [5.41, 5.74) is -0.293. The van der Waals surface area contributed by atoms with E-state index in [1.807, 2.05) is 36.2 Å². The number of nitrogens with one attached hydrogen (secondary N) is 2. The van der Waals surface area contributed by atoms with E-state index in [1.54, 1.807) is 6.92 Å². The number of carbonyl (C=O) groups excluding carboxylic acids is 1. The third-order valence-corrected chi connectivity index (χ3v) is 8.24. The Morgan fingerprint density at radius 3 is 2.69 bits per heavy atom. The zero-order chi connectivity index (χ0) is 25.3. The summed E-state index contributed by atoms with van der Waals surface area (Å²) in [6, 6.07) is 7.56. The molecule has 35 heavy (non-hydrogen) atoms. The molecule has 4 atom stereocenters. The summed E-state index contributed by atoms with van der Waals surface area (Å²) >= 11 is 6.29. The molecule has 6 nitrogen and oxygen atoms in total. The molecule has 0 bridgehead atoms. The summed E-state index contributed by atoms with van der Waals surface area (Å²) in [6.45, 7) is 3.77. The molecule has 7 heteroatoms. The van der Waals surface area contributed by atoms with Crippen LogP contribution < -0.4 is 10.6 Å². The Morgan fingerprint density at radius 1 is 1.23 bits per heavy atom. The second-order valence-electron chi connectivity index (χ2n) is 10.9. The second-order valence-corrected chi connectivity index (χ2v) is 11.3. The number of hydrogen-bond acceptors (Lipinski definition) is 4. The number of hydrogen-bond donors (Lipinski definition) is 4. The third kappa shape index (κ3) is 8.34. The molecule has 1 aromatic rings. The van der Waals surface area contributed by atoms with Gasteiger partial charge in [0.25, 0.3) is 0 Å².